The number of hydrogen-bond acceptors (Lipinski definition) is 8. The van der Waals surface area contributed by atoms with Gasteiger partial charge >= 0.3 is 12.1 Å². The van der Waals surface area contributed by atoms with E-state index in [0.717, 1.165) is 0 Å². The molecule has 1 aromatic carbocycles. The van der Waals surface area contributed by atoms with E-state index < -0.39 is 17.7 Å². The minimum atomic E-state index is -0.645. The molecule has 2 amide bonds. The Labute approximate surface area is 174 Å². The van der Waals surface area contributed by atoms with Gasteiger partial charge < -0.3 is 20.1 Å². The number of benzene rings is 1. The van der Waals surface area contributed by atoms with Crippen LogP contribution in [-0.2, 0) is 14.3 Å². The second-order valence-electron chi connectivity index (χ2n) is 7.25. The molecule has 2 aromatic rings. The molecule has 0 radical (unpaired) electrons. The van der Waals surface area contributed by atoms with Crippen molar-refractivity contribution in [1.29, 1.82) is 0 Å². The lowest BCUT2D eigenvalue weighted by Gasteiger charge is -2.19. The molecule has 0 aliphatic heterocycles. The first kappa shape index (κ1) is 22.8. The van der Waals surface area contributed by atoms with Gasteiger partial charge in [-0.2, -0.15) is 0 Å². The number of anilines is 1. The molecule has 0 saturated heterocycles. The van der Waals surface area contributed by atoms with Crippen LogP contribution in [0.2, 0.25) is 0 Å². The van der Waals surface area contributed by atoms with Gasteiger partial charge in [-0.15, -0.1) is 15.0 Å². The normalized spacial score (nSPS) is 10.9. The summed E-state index contributed by atoms with van der Waals surface area (Å²) in [7, 11) is 0. The van der Waals surface area contributed by atoms with Gasteiger partial charge in [0.2, 0.25) is 5.91 Å². The third kappa shape index (κ3) is 7.49. The summed E-state index contributed by atoms with van der Waals surface area (Å²) in [6.45, 7) is 7.59. The maximum Gasteiger partial charge on any atom is 0.407 e. The minimum Gasteiger partial charge on any atom is -0.460 e. The van der Waals surface area contributed by atoms with E-state index in [0.29, 0.717) is 24.3 Å². The van der Waals surface area contributed by atoms with Gasteiger partial charge in [-0.25, -0.2) is 9.59 Å². The van der Waals surface area contributed by atoms with Crippen molar-refractivity contribution >= 4 is 23.7 Å². The monoisotopic (exact) mass is 418 g/mol. The van der Waals surface area contributed by atoms with Gasteiger partial charge in [0.15, 0.2) is 0 Å². The van der Waals surface area contributed by atoms with Crippen molar-refractivity contribution < 1.29 is 23.9 Å². The molecular formula is C19H26N6O5. The highest BCUT2D eigenvalue weighted by molar-refractivity contribution is 5.90. The fraction of sp³-hybridized carbons (Fsp3) is 0.474. The van der Waals surface area contributed by atoms with Crippen LogP contribution < -0.4 is 10.6 Å². The Balaban J connectivity index is 1.78. The second kappa shape index (κ2) is 10.3. The van der Waals surface area contributed by atoms with Crippen LogP contribution in [0, 0.1) is 0 Å². The highest BCUT2D eigenvalue weighted by atomic mass is 16.6. The number of nitrogens with zero attached hydrogens (tertiary/aromatic N) is 4. The molecule has 2 N–H and O–H groups in total. The van der Waals surface area contributed by atoms with E-state index in [1.165, 1.54) is 4.80 Å². The molecule has 0 bridgehead atoms. The van der Waals surface area contributed by atoms with Gasteiger partial charge in [-0.3, -0.25) is 4.79 Å². The van der Waals surface area contributed by atoms with Gasteiger partial charge in [0.1, 0.15) is 5.60 Å². The predicted octanol–water partition coefficient (Wildman–Crippen LogP) is 2.08. The highest BCUT2D eigenvalue weighted by Crippen LogP contribution is 2.12. The second-order valence-corrected chi connectivity index (χ2v) is 7.25. The molecule has 0 saturated carbocycles. The summed E-state index contributed by atoms with van der Waals surface area (Å²) >= 11 is 0. The highest BCUT2D eigenvalue weighted by Gasteiger charge is 2.16. The quantitative estimate of drug-likeness (QED) is 0.491. The third-order valence-corrected chi connectivity index (χ3v) is 3.50. The zero-order valence-electron chi connectivity index (χ0n) is 17.5. The molecule has 0 aliphatic carbocycles. The number of carbonyl (C=O) groups excluding carboxylic acids is 3. The SMILES string of the molecule is CCOC(=O)c1nnn(-c2ccc(NC(=O)CCCNC(=O)OC(C)(C)C)cc2)n1. The number of amides is 2. The van der Waals surface area contributed by atoms with Crippen LogP contribution in [0.4, 0.5) is 10.5 Å². The van der Waals surface area contributed by atoms with E-state index >= 15 is 0 Å². The number of tetrazole rings is 1. The van der Waals surface area contributed by atoms with Gasteiger partial charge in [0, 0.05) is 18.7 Å². The van der Waals surface area contributed by atoms with Crippen LogP contribution in [-0.4, -0.2) is 56.9 Å². The summed E-state index contributed by atoms with van der Waals surface area (Å²) in [5.74, 6) is -0.958. The van der Waals surface area contributed by atoms with Crippen molar-refractivity contribution in [1.82, 2.24) is 25.5 Å². The predicted molar refractivity (Wildman–Crippen MR) is 107 cm³/mol. The zero-order chi connectivity index (χ0) is 22.1. The molecule has 2 rings (SSSR count). The van der Waals surface area contributed by atoms with Crippen LogP contribution in [0.1, 0.15) is 51.2 Å². The van der Waals surface area contributed by atoms with E-state index in [9.17, 15) is 14.4 Å². The number of hydrogen-bond donors (Lipinski definition) is 2. The van der Waals surface area contributed by atoms with Crippen LogP contribution in [0.15, 0.2) is 24.3 Å². The summed E-state index contributed by atoms with van der Waals surface area (Å²) in [6.07, 6.45) is 0.208. The average Bonchev–Trinajstić information content (AvgIpc) is 3.15. The third-order valence-electron chi connectivity index (χ3n) is 3.50. The van der Waals surface area contributed by atoms with E-state index in [-0.39, 0.29) is 24.8 Å². The zero-order valence-corrected chi connectivity index (χ0v) is 17.5. The van der Waals surface area contributed by atoms with Crippen molar-refractivity contribution in [3.63, 3.8) is 0 Å². The molecule has 11 heteroatoms. The van der Waals surface area contributed by atoms with E-state index in [1.807, 2.05) is 0 Å². The Morgan fingerprint density at radius 2 is 1.83 bits per heavy atom. The minimum absolute atomic E-state index is 0.130. The lowest BCUT2D eigenvalue weighted by molar-refractivity contribution is -0.116. The van der Waals surface area contributed by atoms with Gasteiger partial charge in [0.05, 0.1) is 12.3 Å². The molecule has 11 nitrogen and oxygen atoms in total. The summed E-state index contributed by atoms with van der Waals surface area (Å²) in [6, 6.07) is 6.71. The molecule has 0 aliphatic rings. The van der Waals surface area contributed by atoms with Crippen molar-refractivity contribution in [2.24, 2.45) is 0 Å². The first-order valence-corrected chi connectivity index (χ1v) is 9.52. The molecule has 0 unspecified atom stereocenters. The molecular weight excluding hydrogens is 392 g/mol. The van der Waals surface area contributed by atoms with Crippen LogP contribution in [0.25, 0.3) is 5.69 Å². The summed E-state index contributed by atoms with van der Waals surface area (Å²) in [5, 5.41) is 16.8. The van der Waals surface area contributed by atoms with Crippen molar-refractivity contribution in [2.45, 2.75) is 46.1 Å². The first-order valence-electron chi connectivity index (χ1n) is 9.52. The van der Waals surface area contributed by atoms with Crippen LogP contribution in [0.5, 0.6) is 0 Å². The lowest BCUT2D eigenvalue weighted by atomic mass is 10.2. The molecule has 0 atom stereocenters. The first-order chi connectivity index (χ1) is 14.2. The van der Waals surface area contributed by atoms with Crippen molar-refractivity contribution in [2.75, 3.05) is 18.5 Å². The number of ether oxygens (including phenoxy) is 2. The van der Waals surface area contributed by atoms with Gasteiger partial charge in [-0.05, 0) is 63.6 Å². The van der Waals surface area contributed by atoms with Crippen molar-refractivity contribution in [3.05, 3.63) is 30.1 Å². The lowest BCUT2D eigenvalue weighted by Crippen LogP contribution is -2.33. The van der Waals surface area contributed by atoms with E-state index in [1.54, 1.807) is 52.0 Å². The molecule has 0 spiro atoms. The molecule has 1 aromatic heterocycles. The fourth-order valence-electron chi connectivity index (χ4n) is 2.26. The topological polar surface area (TPSA) is 137 Å². The van der Waals surface area contributed by atoms with Crippen molar-refractivity contribution in [3.8, 4) is 5.69 Å². The number of nitrogens with one attached hydrogen (secondary N) is 2. The number of aromatic nitrogens is 4. The van der Waals surface area contributed by atoms with E-state index in [2.05, 4.69) is 26.0 Å². The maximum atomic E-state index is 12.0. The standard InChI is InChI=1S/C19H26N6O5/c1-5-29-17(27)16-22-24-25(23-16)14-10-8-13(9-11-14)21-15(26)7-6-12-20-18(28)30-19(2,3)4/h8-11H,5-7,12H2,1-4H3,(H,20,28)(H,21,26). The number of carbonyl (C=O) groups is 3. The summed E-state index contributed by atoms with van der Waals surface area (Å²) < 4.78 is 9.94. The fourth-order valence-corrected chi connectivity index (χ4v) is 2.26. The Kier molecular flexibility index (Phi) is 7.84. The summed E-state index contributed by atoms with van der Waals surface area (Å²) in [5.41, 5.74) is 0.600. The average molecular weight is 418 g/mol. The molecule has 1 heterocycles. The number of rotatable bonds is 8. The largest absolute Gasteiger partial charge is 0.460 e. The number of esters is 1. The Hall–Kier alpha value is -3.50. The Morgan fingerprint density at radius 1 is 1.13 bits per heavy atom. The Bertz CT molecular complexity index is 872. The molecule has 30 heavy (non-hydrogen) atoms. The summed E-state index contributed by atoms with van der Waals surface area (Å²) in [4.78, 5) is 36.4. The van der Waals surface area contributed by atoms with Crippen LogP contribution >= 0.6 is 0 Å². The maximum absolute atomic E-state index is 12.0. The van der Waals surface area contributed by atoms with Crippen LogP contribution in [0.3, 0.4) is 0 Å². The Morgan fingerprint density at radius 3 is 2.47 bits per heavy atom. The molecule has 162 valence electrons. The van der Waals surface area contributed by atoms with E-state index in [4.69, 9.17) is 9.47 Å². The van der Waals surface area contributed by atoms with Gasteiger partial charge in [0.25, 0.3) is 5.82 Å². The number of alkyl carbamates (subject to hydrolysis) is 1. The molecule has 0 fully saturated rings. The smallest absolute Gasteiger partial charge is 0.407 e. The van der Waals surface area contributed by atoms with Gasteiger partial charge in [-0.1, -0.05) is 0 Å².